The summed E-state index contributed by atoms with van der Waals surface area (Å²) in [4.78, 5) is 4.36. The van der Waals surface area contributed by atoms with Gasteiger partial charge in [-0.15, -0.1) is 0 Å². The first-order chi connectivity index (χ1) is 6.86. The van der Waals surface area contributed by atoms with E-state index in [-0.39, 0.29) is 0 Å². The van der Waals surface area contributed by atoms with Crippen LogP contribution < -0.4 is 10.1 Å². The maximum Gasteiger partial charge on any atom is 0.213 e. The Morgan fingerprint density at radius 2 is 2.21 bits per heavy atom. The summed E-state index contributed by atoms with van der Waals surface area (Å²) in [6.45, 7) is 6.67. The highest BCUT2D eigenvalue weighted by molar-refractivity contribution is 5.15. The summed E-state index contributed by atoms with van der Waals surface area (Å²) in [6, 6.07) is 5.87. The Kier molecular flexibility index (Phi) is 5.00. The van der Waals surface area contributed by atoms with Gasteiger partial charge in [0.15, 0.2) is 0 Å². The molecule has 0 spiro atoms. The molecule has 0 aliphatic carbocycles. The van der Waals surface area contributed by atoms with Crippen molar-refractivity contribution in [2.24, 2.45) is 0 Å². The van der Waals surface area contributed by atoms with Crippen molar-refractivity contribution in [3.63, 3.8) is 0 Å². The highest BCUT2D eigenvalue weighted by Gasteiger charge is 1.97. The van der Waals surface area contributed by atoms with Crippen LogP contribution in [-0.2, 0) is 6.54 Å². The molecule has 1 aromatic heterocycles. The number of nitrogens with one attached hydrogen (secondary N) is 1. The van der Waals surface area contributed by atoms with Crippen molar-refractivity contribution in [1.82, 2.24) is 10.3 Å². The quantitative estimate of drug-likeness (QED) is 0.752. The highest BCUT2D eigenvalue weighted by Crippen LogP contribution is 2.07. The molecule has 3 nitrogen and oxygen atoms in total. The van der Waals surface area contributed by atoms with Gasteiger partial charge in [-0.3, -0.25) is 0 Å². The molecule has 78 valence electrons. The lowest BCUT2D eigenvalue weighted by Gasteiger charge is -2.05. The van der Waals surface area contributed by atoms with E-state index in [1.165, 1.54) is 0 Å². The fourth-order valence-corrected chi connectivity index (χ4v) is 1.10. The molecular weight excluding hydrogens is 176 g/mol. The molecule has 0 saturated carbocycles. The lowest BCUT2D eigenvalue weighted by molar-refractivity contribution is 0.304. The largest absolute Gasteiger partial charge is 0.478 e. The summed E-state index contributed by atoms with van der Waals surface area (Å²) >= 11 is 0. The van der Waals surface area contributed by atoms with Gasteiger partial charge in [0.1, 0.15) is 0 Å². The first-order valence-corrected chi connectivity index (χ1v) is 5.16. The predicted octanol–water partition coefficient (Wildman–Crippen LogP) is 1.98. The Labute approximate surface area is 85.5 Å². The summed E-state index contributed by atoms with van der Waals surface area (Å²) in [5.41, 5.74) is 1.03. The monoisotopic (exact) mass is 194 g/mol. The van der Waals surface area contributed by atoms with E-state index in [1.54, 1.807) is 0 Å². The molecule has 1 heterocycles. The third-order valence-electron chi connectivity index (χ3n) is 1.79. The van der Waals surface area contributed by atoms with E-state index in [4.69, 9.17) is 4.74 Å². The molecule has 0 aliphatic rings. The Bertz CT molecular complexity index is 240. The van der Waals surface area contributed by atoms with E-state index in [0.717, 1.165) is 37.7 Å². The van der Waals surface area contributed by atoms with Crippen molar-refractivity contribution < 1.29 is 4.74 Å². The first-order valence-electron chi connectivity index (χ1n) is 5.16. The molecule has 1 aromatic rings. The minimum Gasteiger partial charge on any atom is -0.478 e. The molecule has 0 radical (unpaired) electrons. The second-order valence-electron chi connectivity index (χ2n) is 3.10. The second-order valence-corrected chi connectivity index (χ2v) is 3.10. The molecule has 0 unspecified atom stereocenters. The molecule has 0 saturated heterocycles. The van der Waals surface area contributed by atoms with E-state index in [0.29, 0.717) is 0 Å². The molecule has 0 fully saturated rings. The van der Waals surface area contributed by atoms with Gasteiger partial charge in [-0.05, 0) is 19.0 Å². The summed E-state index contributed by atoms with van der Waals surface area (Å²) < 4.78 is 5.44. The smallest absolute Gasteiger partial charge is 0.213 e. The summed E-state index contributed by atoms with van der Waals surface area (Å²) in [5.74, 6) is 0.724. The molecule has 0 aromatic carbocycles. The zero-order valence-electron chi connectivity index (χ0n) is 8.92. The highest BCUT2D eigenvalue weighted by atomic mass is 16.5. The number of hydrogen-bond donors (Lipinski definition) is 1. The van der Waals surface area contributed by atoms with Crippen LogP contribution in [0.5, 0.6) is 5.88 Å². The van der Waals surface area contributed by atoms with Crippen LogP contribution in [-0.4, -0.2) is 18.1 Å². The summed E-state index contributed by atoms with van der Waals surface area (Å²) in [7, 11) is 0. The SMILES string of the molecule is CCCOc1cccc(CNCC)n1. The van der Waals surface area contributed by atoms with Gasteiger partial charge in [0.25, 0.3) is 0 Å². The van der Waals surface area contributed by atoms with Gasteiger partial charge in [0, 0.05) is 12.6 Å². The number of hydrogen-bond acceptors (Lipinski definition) is 3. The number of pyridine rings is 1. The van der Waals surface area contributed by atoms with Gasteiger partial charge in [-0.2, -0.15) is 0 Å². The number of aromatic nitrogens is 1. The van der Waals surface area contributed by atoms with Gasteiger partial charge in [0.05, 0.1) is 12.3 Å². The summed E-state index contributed by atoms with van der Waals surface area (Å²) in [5, 5.41) is 3.23. The number of rotatable bonds is 6. The van der Waals surface area contributed by atoms with Crippen LogP contribution in [0.25, 0.3) is 0 Å². The van der Waals surface area contributed by atoms with Gasteiger partial charge in [0.2, 0.25) is 5.88 Å². The second kappa shape index (κ2) is 6.38. The summed E-state index contributed by atoms with van der Waals surface area (Å²) in [6.07, 6.45) is 1.01. The molecule has 3 heteroatoms. The van der Waals surface area contributed by atoms with Crippen molar-refractivity contribution in [3.05, 3.63) is 23.9 Å². The van der Waals surface area contributed by atoms with E-state index >= 15 is 0 Å². The molecule has 14 heavy (non-hydrogen) atoms. The van der Waals surface area contributed by atoms with Crippen LogP contribution >= 0.6 is 0 Å². The van der Waals surface area contributed by atoms with Crippen LogP contribution in [0, 0.1) is 0 Å². The molecule has 0 aliphatic heterocycles. The third-order valence-corrected chi connectivity index (χ3v) is 1.79. The van der Waals surface area contributed by atoms with Crippen molar-refractivity contribution in [3.8, 4) is 5.88 Å². The Morgan fingerprint density at radius 3 is 2.93 bits per heavy atom. The minimum atomic E-state index is 0.724. The number of ether oxygens (including phenoxy) is 1. The molecule has 1 N–H and O–H groups in total. The van der Waals surface area contributed by atoms with Crippen molar-refractivity contribution in [2.45, 2.75) is 26.8 Å². The van der Waals surface area contributed by atoms with Crippen molar-refractivity contribution >= 4 is 0 Å². The third kappa shape index (κ3) is 3.75. The van der Waals surface area contributed by atoms with Crippen molar-refractivity contribution in [1.29, 1.82) is 0 Å². The molecule has 0 amide bonds. The van der Waals surface area contributed by atoms with Crippen LogP contribution in [0.2, 0.25) is 0 Å². The van der Waals surface area contributed by atoms with Gasteiger partial charge < -0.3 is 10.1 Å². The molecular formula is C11H18N2O. The van der Waals surface area contributed by atoms with Crippen LogP contribution in [0.4, 0.5) is 0 Å². The minimum absolute atomic E-state index is 0.724. The normalized spacial score (nSPS) is 10.1. The first kappa shape index (κ1) is 11.0. The fourth-order valence-electron chi connectivity index (χ4n) is 1.10. The van der Waals surface area contributed by atoms with E-state index in [1.807, 2.05) is 18.2 Å². The zero-order valence-corrected chi connectivity index (χ0v) is 8.92. The molecule has 0 atom stereocenters. The Morgan fingerprint density at radius 1 is 1.36 bits per heavy atom. The van der Waals surface area contributed by atoms with E-state index < -0.39 is 0 Å². The average molecular weight is 194 g/mol. The van der Waals surface area contributed by atoms with Gasteiger partial charge in [-0.25, -0.2) is 4.98 Å². The van der Waals surface area contributed by atoms with Crippen LogP contribution in [0.1, 0.15) is 26.0 Å². The number of nitrogens with zero attached hydrogens (tertiary/aromatic N) is 1. The lowest BCUT2D eigenvalue weighted by atomic mass is 10.3. The standard InChI is InChI=1S/C11H18N2O/c1-3-8-14-11-7-5-6-10(13-11)9-12-4-2/h5-7,12H,3-4,8-9H2,1-2H3. The predicted molar refractivity (Wildman–Crippen MR) is 57.4 cm³/mol. The maximum atomic E-state index is 5.44. The maximum absolute atomic E-state index is 5.44. The Balaban J connectivity index is 2.50. The topological polar surface area (TPSA) is 34.1 Å². The lowest BCUT2D eigenvalue weighted by Crippen LogP contribution is -2.13. The van der Waals surface area contributed by atoms with Gasteiger partial charge >= 0.3 is 0 Å². The van der Waals surface area contributed by atoms with Crippen LogP contribution in [0.3, 0.4) is 0 Å². The van der Waals surface area contributed by atoms with Gasteiger partial charge in [-0.1, -0.05) is 19.9 Å². The Hall–Kier alpha value is -1.09. The van der Waals surface area contributed by atoms with E-state index in [2.05, 4.69) is 24.1 Å². The van der Waals surface area contributed by atoms with Crippen molar-refractivity contribution in [2.75, 3.05) is 13.2 Å². The molecule has 0 bridgehead atoms. The van der Waals surface area contributed by atoms with Crippen LogP contribution in [0.15, 0.2) is 18.2 Å². The average Bonchev–Trinajstić information content (AvgIpc) is 2.24. The fraction of sp³-hybridized carbons (Fsp3) is 0.545. The zero-order chi connectivity index (χ0) is 10.2. The van der Waals surface area contributed by atoms with E-state index in [9.17, 15) is 0 Å². The molecule has 1 rings (SSSR count).